The van der Waals surface area contributed by atoms with Crippen molar-refractivity contribution in [3.05, 3.63) is 35.9 Å². The highest BCUT2D eigenvalue weighted by atomic mass is 16.5. The van der Waals surface area contributed by atoms with E-state index in [1.807, 2.05) is 0 Å². The maximum absolute atomic E-state index is 5.68. The highest BCUT2D eigenvalue weighted by molar-refractivity contribution is 5.20. The molecule has 4 heteroatoms. The minimum absolute atomic E-state index is 0.465. The number of nitrogens with zero attached hydrogens (tertiary/aromatic N) is 1. The van der Waals surface area contributed by atoms with Crippen molar-refractivity contribution < 1.29 is 9.47 Å². The van der Waals surface area contributed by atoms with Crippen molar-refractivity contribution in [1.82, 2.24) is 10.2 Å². The van der Waals surface area contributed by atoms with E-state index in [2.05, 4.69) is 40.5 Å². The van der Waals surface area contributed by atoms with Gasteiger partial charge in [-0.15, -0.1) is 0 Å². The van der Waals surface area contributed by atoms with E-state index in [0.717, 1.165) is 52.4 Å². The van der Waals surface area contributed by atoms with Crippen LogP contribution < -0.4 is 5.32 Å². The normalized spacial score (nSPS) is 20.1. The summed E-state index contributed by atoms with van der Waals surface area (Å²) in [7, 11) is 1.73. The third-order valence-corrected chi connectivity index (χ3v) is 3.70. The molecule has 1 aliphatic rings. The second-order valence-electron chi connectivity index (χ2n) is 5.13. The first-order chi connectivity index (χ1) is 9.92. The maximum Gasteiger partial charge on any atom is 0.0593 e. The van der Waals surface area contributed by atoms with Gasteiger partial charge in [-0.2, -0.15) is 0 Å². The minimum atomic E-state index is 0.465. The van der Waals surface area contributed by atoms with Gasteiger partial charge in [-0.3, -0.25) is 4.90 Å². The van der Waals surface area contributed by atoms with Crippen LogP contribution in [0.25, 0.3) is 0 Å². The van der Waals surface area contributed by atoms with Gasteiger partial charge in [0.1, 0.15) is 0 Å². The number of hydrogen-bond acceptors (Lipinski definition) is 4. The van der Waals surface area contributed by atoms with Crippen LogP contribution in [-0.4, -0.2) is 58.0 Å². The zero-order valence-electron chi connectivity index (χ0n) is 12.4. The lowest BCUT2D eigenvalue weighted by atomic mass is 10.0. The first kappa shape index (κ1) is 15.4. The predicted molar refractivity (Wildman–Crippen MR) is 80.9 cm³/mol. The fourth-order valence-corrected chi connectivity index (χ4v) is 2.61. The van der Waals surface area contributed by atoms with Crippen molar-refractivity contribution in [2.24, 2.45) is 0 Å². The first-order valence-electron chi connectivity index (χ1n) is 7.48. The van der Waals surface area contributed by atoms with Crippen LogP contribution in [0.15, 0.2) is 30.3 Å². The fraction of sp³-hybridized carbons (Fsp3) is 0.625. The summed E-state index contributed by atoms with van der Waals surface area (Å²) < 4.78 is 10.7. The Balaban J connectivity index is 1.76. The lowest BCUT2D eigenvalue weighted by Gasteiger charge is -2.36. The number of nitrogens with one attached hydrogen (secondary N) is 1. The topological polar surface area (TPSA) is 33.7 Å². The largest absolute Gasteiger partial charge is 0.385 e. The summed E-state index contributed by atoms with van der Waals surface area (Å²) in [6.45, 7) is 6.53. The molecule has 1 saturated heterocycles. The Morgan fingerprint density at radius 1 is 1.20 bits per heavy atom. The summed E-state index contributed by atoms with van der Waals surface area (Å²) in [5, 5.41) is 3.48. The number of benzene rings is 1. The van der Waals surface area contributed by atoms with Crippen LogP contribution in [0.4, 0.5) is 0 Å². The van der Waals surface area contributed by atoms with Gasteiger partial charge in [-0.25, -0.2) is 0 Å². The number of rotatable bonds is 8. The molecule has 0 radical (unpaired) electrons. The Kier molecular flexibility index (Phi) is 7.01. The van der Waals surface area contributed by atoms with Crippen molar-refractivity contribution in [3.8, 4) is 0 Å². The van der Waals surface area contributed by atoms with Gasteiger partial charge in [0.25, 0.3) is 0 Å². The number of methoxy groups -OCH3 is 1. The molecule has 1 aliphatic heterocycles. The van der Waals surface area contributed by atoms with Crippen LogP contribution in [0.3, 0.4) is 0 Å². The molecular formula is C16H26N2O2. The molecule has 0 spiro atoms. The van der Waals surface area contributed by atoms with Crippen LogP contribution in [-0.2, 0) is 9.47 Å². The molecule has 2 rings (SSSR count). The van der Waals surface area contributed by atoms with Crippen LogP contribution in [0.5, 0.6) is 0 Å². The van der Waals surface area contributed by atoms with Crippen molar-refractivity contribution in [1.29, 1.82) is 0 Å². The van der Waals surface area contributed by atoms with Gasteiger partial charge in [0.15, 0.2) is 0 Å². The Morgan fingerprint density at radius 2 is 2.05 bits per heavy atom. The minimum Gasteiger partial charge on any atom is -0.385 e. The van der Waals surface area contributed by atoms with Crippen molar-refractivity contribution in [2.45, 2.75) is 12.5 Å². The molecule has 0 saturated carbocycles. The van der Waals surface area contributed by atoms with E-state index in [1.54, 1.807) is 7.11 Å². The van der Waals surface area contributed by atoms with Gasteiger partial charge in [0.2, 0.25) is 0 Å². The summed E-state index contributed by atoms with van der Waals surface area (Å²) >= 11 is 0. The summed E-state index contributed by atoms with van der Waals surface area (Å²) in [4.78, 5) is 2.52. The molecule has 0 bridgehead atoms. The summed E-state index contributed by atoms with van der Waals surface area (Å²) in [6.07, 6.45) is 0.972. The summed E-state index contributed by atoms with van der Waals surface area (Å²) in [5.41, 5.74) is 1.39. The average molecular weight is 278 g/mol. The number of piperazine rings is 1. The van der Waals surface area contributed by atoms with Crippen LogP contribution >= 0.6 is 0 Å². The quantitative estimate of drug-likeness (QED) is 0.734. The molecule has 0 amide bonds. The smallest absolute Gasteiger partial charge is 0.0593 e. The molecule has 1 fully saturated rings. The predicted octanol–water partition coefficient (Wildman–Crippen LogP) is 1.69. The maximum atomic E-state index is 5.68. The molecule has 1 unspecified atom stereocenters. The monoisotopic (exact) mass is 278 g/mol. The van der Waals surface area contributed by atoms with E-state index >= 15 is 0 Å². The van der Waals surface area contributed by atoms with Gasteiger partial charge in [0, 0.05) is 52.5 Å². The first-order valence-corrected chi connectivity index (χ1v) is 7.48. The van der Waals surface area contributed by atoms with Gasteiger partial charge in [0.05, 0.1) is 6.61 Å². The van der Waals surface area contributed by atoms with Crippen molar-refractivity contribution in [3.63, 3.8) is 0 Å². The van der Waals surface area contributed by atoms with Gasteiger partial charge >= 0.3 is 0 Å². The molecule has 112 valence electrons. The van der Waals surface area contributed by atoms with Gasteiger partial charge < -0.3 is 14.8 Å². The Hall–Kier alpha value is -0.940. The second-order valence-corrected chi connectivity index (χ2v) is 5.13. The lowest BCUT2D eigenvalue weighted by molar-refractivity contribution is 0.0648. The molecule has 0 aromatic heterocycles. The van der Waals surface area contributed by atoms with E-state index in [0.29, 0.717) is 6.04 Å². The van der Waals surface area contributed by atoms with E-state index in [4.69, 9.17) is 9.47 Å². The molecule has 20 heavy (non-hydrogen) atoms. The number of ether oxygens (including phenoxy) is 2. The van der Waals surface area contributed by atoms with Crippen LogP contribution in [0.2, 0.25) is 0 Å². The lowest BCUT2D eigenvalue weighted by Crippen LogP contribution is -2.47. The van der Waals surface area contributed by atoms with E-state index in [1.165, 1.54) is 5.56 Å². The summed E-state index contributed by atoms with van der Waals surface area (Å²) in [6, 6.07) is 11.2. The third-order valence-electron chi connectivity index (χ3n) is 3.70. The van der Waals surface area contributed by atoms with Crippen molar-refractivity contribution >= 4 is 0 Å². The fourth-order valence-electron chi connectivity index (χ4n) is 2.61. The molecule has 0 aliphatic carbocycles. The van der Waals surface area contributed by atoms with E-state index in [9.17, 15) is 0 Å². The average Bonchev–Trinajstić information content (AvgIpc) is 2.52. The number of hydrogen-bond donors (Lipinski definition) is 1. The summed E-state index contributed by atoms with van der Waals surface area (Å²) in [5.74, 6) is 0. The standard InChI is InChI=1S/C16H26N2O2/c1-19-11-5-12-20-13-10-18-9-8-17-14-16(18)15-6-3-2-4-7-15/h2-4,6-7,16-17H,5,8-14H2,1H3. The Bertz CT molecular complexity index is 359. The molecule has 1 heterocycles. The van der Waals surface area contributed by atoms with E-state index < -0.39 is 0 Å². The zero-order chi connectivity index (χ0) is 14.0. The third kappa shape index (κ3) is 4.87. The van der Waals surface area contributed by atoms with Crippen LogP contribution in [0, 0.1) is 0 Å². The van der Waals surface area contributed by atoms with E-state index in [-0.39, 0.29) is 0 Å². The van der Waals surface area contributed by atoms with Gasteiger partial charge in [-0.1, -0.05) is 30.3 Å². The SMILES string of the molecule is COCCCOCCN1CCNCC1c1ccccc1. The zero-order valence-corrected chi connectivity index (χ0v) is 12.4. The van der Waals surface area contributed by atoms with Gasteiger partial charge in [-0.05, 0) is 12.0 Å². The molecule has 1 aromatic rings. The molecule has 1 aromatic carbocycles. The Labute approximate surface area is 122 Å². The Morgan fingerprint density at radius 3 is 2.85 bits per heavy atom. The molecule has 1 N–H and O–H groups in total. The molecular weight excluding hydrogens is 252 g/mol. The highest BCUT2D eigenvalue weighted by Crippen LogP contribution is 2.21. The molecule has 1 atom stereocenters. The van der Waals surface area contributed by atoms with Crippen molar-refractivity contribution in [2.75, 3.05) is 53.1 Å². The molecule has 4 nitrogen and oxygen atoms in total. The van der Waals surface area contributed by atoms with Crippen LogP contribution in [0.1, 0.15) is 18.0 Å². The second kappa shape index (κ2) is 9.08. The highest BCUT2D eigenvalue weighted by Gasteiger charge is 2.22.